The number of benzene rings is 2. The monoisotopic (exact) mass is 353 g/mol. The van der Waals surface area contributed by atoms with Gasteiger partial charge in [0.15, 0.2) is 0 Å². The molecule has 0 saturated carbocycles. The highest BCUT2D eigenvalue weighted by atomic mass is 16.6. The van der Waals surface area contributed by atoms with E-state index in [1.165, 1.54) is 31.5 Å². The molecule has 0 bridgehead atoms. The van der Waals surface area contributed by atoms with Gasteiger partial charge in [-0.3, -0.25) is 0 Å². The van der Waals surface area contributed by atoms with Crippen molar-refractivity contribution in [2.45, 2.75) is 31.9 Å². The van der Waals surface area contributed by atoms with E-state index in [9.17, 15) is 4.79 Å². The lowest BCUT2D eigenvalue weighted by Crippen LogP contribution is -3.11. The van der Waals surface area contributed by atoms with Crippen molar-refractivity contribution >= 4 is 6.09 Å². The van der Waals surface area contributed by atoms with Gasteiger partial charge in [-0.15, -0.1) is 0 Å². The molecule has 1 heterocycles. The van der Waals surface area contributed by atoms with Crippen molar-refractivity contribution in [2.75, 3.05) is 26.7 Å². The fourth-order valence-corrected chi connectivity index (χ4v) is 3.61. The third-order valence-electron chi connectivity index (χ3n) is 5.19. The number of carbonyl (C=O) groups is 1. The Labute approximate surface area is 156 Å². The molecule has 1 atom stereocenters. The molecule has 0 aromatic heterocycles. The first-order chi connectivity index (χ1) is 12.7. The van der Waals surface area contributed by atoms with E-state index in [0.717, 1.165) is 18.5 Å². The zero-order chi connectivity index (χ0) is 18.2. The lowest BCUT2D eigenvalue weighted by molar-refractivity contribution is -0.889. The molecule has 1 amide bonds. The first-order valence-corrected chi connectivity index (χ1v) is 9.53. The quantitative estimate of drug-likeness (QED) is 0.830. The maximum Gasteiger partial charge on any atom is 0.410 e. The lowest BCUT2D eigenvalue weighted by atomic mass is 10.0. The van der Waals surface area contributed by atoms with Crippen LogP contribution in [0.4, 0.5) is 4.79 Å². The summed E-state index contributed by atoms with van der Waals surface area (Å²) in [4.78, 5) is 16.0. The van der Waals surface area contributed by atoms with Crippen LogP contribution in [0.5, 0.6) is 0 Å². The molecule has 0 radical (unpaired) electrons. The fourth-order valence-electron chi connectivity index (χ4n) is 3.61. The molecule has 1 aliphatic rings. The average Bonchev–Trinajstić information content (AvgIpc) is 3.20. The molecule has 0 spiro atoms. The van der Waals surface area contributed by atoms with Gasteiger partial charge < -0.3 is 14.5 Å². The highest BCUT2D eigenvalue weighted by molar-refractivity contribution is 5.67. The Bertz CT molecular complexity index is 669. The first kappa shape index (κ1) is 18.5. The average molecular weight is 353 g/mol. The fraction of sp³-hybridized carbons (Fsp3) is 0.409. The standard InChI is InChI=1S/C22H28N2O2/c1-23(22(25)26-18-20-12-6-3-7-13-20)21(17-24-14-8-9-15-24)16-19-10-4-2-5-11-19/h2-7,10-13,21H,8-9,14-18H2,1H3/p+1/t21-/m0/s1. The van der Waals surface area contributed by atoms with Crippen LogP contribution in [0, 0.1) is 0 Å². The van der Waals surface area contributed by atoms with Crippen LogP contribution in [0.25, 0.3) is 0 Å². The van der Waals surface area contributed by atoms with Crippen LogP contribution in [0.15, 0.2) is 60.7 Å². The third kappa shape index (κ3) is 5.33. The molecule has 2 aromatic carbocycles. The molecule has 1 aliphatic heterocycles. The van der Waals surface area contributed by atoms with Crippen molar-refractivity contribution in [3.05, 3.63) is 71.8 Å². The van der Waals surface area contributed by atoms with Gasteiger partial charge in [0.1, 0.15) is 6.61 Å². The second kappa shape index (κ2) is 9.39. The summed E-state index contributed by atoms with van der Waals surface area (Å²) in [5.41, 5.74) is 2.28. The molecule has 26 heavy (non-hydrogen) atoms. The van der Waals surface area contributed by atoms with Crippen molar-refractivity contribution in [1.82, 2.24) is 4.90 Å². The zero-order valence-electron chi connectivity index (χ0n) is 15.6. The van der Waals surface area contributed by atoms with E-state index in [1.807, 2.05) is 43.4 Å². The van der Waals surface area contributed by atoms with Gasteiger partial charge in [-0.25, -0.2) is 4.79 Å². The number of quaternary nitrogens is 1. The van der Waals surface area contributed by atoms with Gasteiger partial charge >= 0.3 is 6.09 Å². The molecule has 0 aliphatic carbocycles. The van der Waals surface area contributed by atoms with Crippen LogP contribution < -0.4 is 4.90 Å². The van der Waals surface area contributed by atoms with Gasteiger partial charge in [-0.2, -0.15) is 0 Å². The summed E-state index contributed by atoms with van der Waals surface area (Å²) in [5, 5.41) is 0. The summed E-state index contributed by atoms with van der Waals surface area (Å²) in [6.45, 7) is 3.71. The number of nitrogens with zero attached hydrogens (tertiary/aromatic N) is 1. The summed E-state index contributed by atoms with van der Waals surface area (Å²) in [5.74, 6) is 0. The number of nitrogens with one attached hydrogen (secondary N) is 1. The van der Waals surface area contributed by atoms with Crippen molar-refractivity contribution in [2.24, 2.45) is 0 Å². The molecule has 4 nitrogen and oxygen atoms in total. The Morgan fingerprint density at radius 3 is 2.19 bits per heavy atom. The van der Waals surface area contributed by atoms with Crippen LogP contribution in [0.2, 0.25) is 0 Å². The van der Waals surface area contributed by atoms with E-state index in [0.29, 0.717) is 6.61 Å². The van der Waals surface area contributed by atoms with E-state index < -0.39 is 0 Å². The highest BCUT2D eigenvalue weighted by Crippen LogP contribution is 2.10. The second-order valence-electron chi connectivity index (χ2n) is 7.16. The molecule has 2 aromatic rings. The predicted molar refractivity (Wildman–Crippen MR) is 103 cm³/mol. The SMILES string of the molecule is CN(C(=O)OCc1ccccc1)[C@@H](Cc1ccccc1)C[NH+]1CCCC1. The minimum Gasteiger partial charge on any atom is -0.445 e. The van der Waals surface area contributed by atoms with Crippen molar-refractivity contribution in [3.8, 4) is 0 Å². The van der Waals surface area contributed by atoms with Gasteiger partial charge in [0.2, 0.25) is 0 Å². The van der Waals surface area contributed by atoms with Crippen molar-refractivity contribution in [3.63, 3.8) is 0 Å². The van der Waals surface area contributed by atoms with Crippen LogP contribution in [0.1, 0.15) is 24.0 Å². The van der Waals surface area contributed by atoms with Crippen molar-refractivity contribution in [1.29, 1.82) is 0 Å². The maximum atomic E-state index is 12.6. The number of carbonyl (C=O) groups excluding carboxylic acids is 1. The molecule has 4 heteroatoms. The minimum absolute atomic E-state index is 0.147. The van der Waals surface area contributed by atoms with E-state index in [4.69, 9.17) is 4.74 Å². The number of hydrogen-bond donors (Lipinski definition) is 1. The smallest absolute Gasteiger partial charge is 0.410 e. The van der Waals surface area contributed by atoms with Crippen LogP contribution in [0.3, 0.4) is 0 Å². The summed E-state index contributed by atoms with van der Waals surface area (Å²) in [6, 6.07) is 20.4. The molecular formula is C22H29N2O2+. The Hall–Kier alpha value is -2.33. The summed E-state index contributed by atoms with van der Waals surface area (Å²) >= 11 is 0. The normalized spacial score (nSPS) is 15.6. The Kier molecular flexibility index (Phi) is 6.67. The zero-order valence-corrected chi connectivity index (χ0v) is 15.6. The van der Waals surface area contributed by atoms with Crippen LogP contribution in [-0.4, -0.2) is 43.7 Å². The topological polar surface area (TPSA) is 34.0 Å². The number of ether oxygens (including phenoxy) is 1. The molecule has 1 fully saturated rings. The van der Waals surface area contributed by atoms with Crippen LogP contribution in [-0.2, 0) is 17.8 Å². The first-order valence-electron chi connectivity index (χ1n) is 9.53. The molecular weight excluding hydrogens is 324 g/mol. The van der Waals surface area contributed by atoms with E-state index in [2.05, 4.69) is 24.3 Å². The number of rotatable bonds is 7. The second-order valence-corrected chi connectivity index (χ2v) is 7.16. The van der Waals surface area contributed by atoms with E-state index in [-0.39, 0.29) is 12.1 Å². The Balaban J connectivity index is 1.62. The highest BCUT2D eigenvalue weighted by Gasteiger charge is 2.27. The number of likely N-dealkylation sites (tertiary alicyclic amines) is 1. The Morgan fingerprint density at radius 2 is 1.58 bits per heavy atom. The van der Waals surface area contributed by atoms with Crippen LogP contribution >= 0.6 is 0 Å². The van der Waals surface area contributed by atoms with E-state index in [1.54, 1.807) is 9.80 Å². The van der Waals surface area contributed by atoms with E-state index >= 15 is 0 Å². The van der Waals surface area contributed by atoms with Gasteiger partial charge in [-0.1, -0.05) is 60.7 Å². The number of amides is 1. The van der Waals surface area contributed by atoms with Gasteiger partial charge in [0.05, 0.1) is 25.7 Å². The molecule has 0 unspecified atom stereocenters. The predicted octanol–water partition coefficient (Wildman–Crippen LogP) is 2.55. The molecule has 3 rings (SSSR count). The Morgan fingerprint density at radius 1 is 1.00 bits per heavy atom. The number of likely N-dealkylation sites (N-methyl/N-ethyl adjacent to an activating group) is 1. The van der Waals surface area contributed by atoms with Gasteiger partial charge in [-0.05, 0) is 17.5 Å². The molecule has 1 N–H and O–H groups in total. The van der Waals surface area contributed by atoms with Crippen molar-refractivity contribution < 1.29 is 14.4 Å². The summed E-state index contributed by atoms with van der Waals surface area (Å²) in [6.07, 6.45) is 3.19. The van der Waals surface area contributed by atoms with Gasteiger partial charge in [0, 0.05) is 19.9 Å². The minimum atomic E-state index is -0.242. The number of hydrogen-bond acceptors (Lipinski definition) is 2. The molecule has 1 saturated heterocycles. The largest absolute Gasteiger partial charge is 0.445 e. The lowest BCUT2D eigenvalue weighted by Gasteiger charge is -2.29. The third-order valence-corrected chi connectivity index (χ3v) is 5.19. The van der Waals surface area contributed by atoms with Gasteiger partial charge in [0.25, 0.3) is 0 Å². The summed E-state index contributed by atoms with van der Waals surface area (Å²) in [7, 11) is 1.87. The summed E-state index contributed by atoms with van der Waals surface area (Å²) < 4.78 is 5.55. The molecule has 138 valence electrons. The maximum absolute atomic E-state index is 12.6.